The van der Waals surface area contributed by atoms with Crippen LogP contribution >= 0.6 is 12.2 Å². The summed E-state index contributed by atoms with van der Waals surface area (Å²) in [6, 6.07) is 24.7. The molecule has 8 heteroatoms. The molecule has 0 spiro atoms. The fourth-order valence-electron chi connectivity index (χ4n) is 4.02. The van der Waals surface area contributed by atoms with Gasteiger partial charge in [0.1, 0.15) is 5.75 Å². The predicted molar refractivity (Wildman–Crippen MR) is 138 cm³/mol. The first-order valence-electron chi connectivity index (χ1n) is 10.7. The molecule has 0 unspecified atom stereocenters. The Balaban J connectivity index is 1.32. The van der Waals surface area contributed by atoms with Crippen LogP contribution in [0.1, 0.15) is 31.1 Å². The first kappa shape index (κ1) is 22.2. The molecule has 1 aliphatic rings. The molecule has 0 aromatic heterocycles. The second kappa shape index (κ2) is 9.00. The molecular weight excluding hydrogens is 462 g/mol. The predicted octanol–water partition coefficient (Wildman–Crippen LogP) is 4.78. The molecule has 35 heavy (non-hydrogen) atoms. The van der Waals surface area contributed by atoms with E-state index in [1.807, 2.05) is 30.3 Å². The third-order valence-electron chi connectivity index (χ3n) is 5.71. The van der Waals surface area contributed by atoms with Gasteiger partial charge in [-0.05, 0) is 59.4 Å². The molecule has 0 saturated carbocycles. The van der Waals surface area contributed by atoms with Gasteiger partial charge in [-0.3, -0.25) is 19.7 Å². The minimum atomic E-state index is -0.414. The number of imide groups is 1. The smallest absolute Gasteiger partial charge is 0.266 e. The fourth-order valence-corrected chi connectivity index (χ4v) is 4.23. The molecule has 1 heterocycles. The quantitative estimate of drug-likeness (QED) is 0.322. The summed E-state index contributed by atoms with van der Waals surface area (Å²) in [5, 5.41) is 7.69. The Labute approximate surface area is 206 Å². The van der Waals surface area contributed by atoms with Crippen LogP contribution in [0.4, 0.5) is 11.4 Å². The van der Waals surface area contributed by atoms with Crippen LogP contribution in [0.2, 0.25) is 0 Å². The summed E-state index contributed by atoms with van der Waals surface area (Å²) in [6.07, 6.45) is 0. The molecule has 0 saturated heterocycles. The van der Waals surface area contributed by atoms with E-state index in [0.29, 0.717) is 33.8 Å². The van der Waals surface area contributed by atoms with Crippen molar-refractivity contribution in [3.05, 3.63) is 102 Å². The Bertz CT molecular complexity index is 1500. The van der Waals surface area contributed by atoms with Crippen molar-refractivity contribution in [2.24, 2.45) is 0 Å². The van der Waals surface area contributed by atoms with E-state index in [2.05, 4.69) is 10.6 Å². The summed E-state index contributed by atoms with van der Waals surface area (Å²) < 4.78 is 5.45. The first-order chi connectivity index (χ1) is 17.0. The minimum absolute atomic E-state index is 0.0960. The maximum Gasteiger partial charge on any atom is 0.266 e. The minimum Gasteiger partial charge on any atom is -0.494 e. The Hall–Kier alpha value is -4.56. The first-order valence-corrected chi connectivity index (χ1v) is 11.1. The number of carbonyl (C=O) groups excluding carboxylic acids is 3. The van der Waals surface area contributed by atoms with Gasteiger partial charge in [0.2, 0.25) is 0 Å². The van der Waals surface area contributed by atoms with Crippen LogP contribution in [0.15, 0.2) is 84.9 Å². The lowest BCUT2D eigenvalue weighted by Crippen LogP contribution is -2.34. The van der Waals surface area contributed by atoms with E-state index in [9.17, 15) is 14.4 Å². The Kier molecular flexibility index (Phi) is 5.72. The number of nitrogens with zero attached hydrogens (tertiary/aromatic N) is 1. The summed E-state index contributed by atoms with van der Waals surface area (Å²) in [4.78, 5) is 39.4. The van der Waals surface area contributed by atoms with Crippen molar-refractivity contribution in [3.63, 3.8) is 0 Å². The number of fused-ring (bicyclic) bond motifs is 2. The van der Waals surface area contributed by atoms with Crippen molar-refractivity contribution in [1.82, 2.24) is 5.32 Å². The molecule has 0 radical (unpaired) electrons. The maximum atomic E-state index is 12.8. The summed E-state index contributed by atoms with van der Waals surface area (Å²) in [5.74, 6) is -0.874. The number of hydrogen-bond donors (Lipinski definition) is 2. The van der Waals surface area contributed by atoms with Crippen LogP contribution in [0.3, 0.4) is 0 Å². The highest BCUT2D eigenvalue weighted by Gasteiger charge is 2.37. The highest BCUT2D eigenvalue weighted by molar-refractivity contribution is 7.80. The van der Waals surface area contributed by atoms with Gasteiger partial charge in [0.05, 0.1) is 23.9 Å². The molecule has 3 amide bonds. The number of carbonyl (C=O) groups is 3. The molecule has 1 aliphatic heterocycles. The number of thiocarbonyl (C=S) groups is 1. The van der Waals surface area contributed by atoms with E-state index in [-0.39, 0.29) is 11.0 Å². The SMILES string of the molecule is COc1cc(NC(=S)NC(=O)c2ccc3ccccc3c2)ccc1N1C(=O)c2ccccc2C1=O. The van der Waals surface area contributed by atoms with Crippen molar-refractivity contribution >= 4 is 57.2 Å². The number of benzene rings is 4. The third kappa shape index (κ3) is 4.11. The van der Waals surface area contributed by atoms with Crippen molar-refractivity contribution in [2.75, 3.05) is 17.3 Å². The average molecular weight is 482 g/mol. The number of methoxy groups -OCH3 is 1. The molecule has 2 N–H and O–H groups in total. The number of hydrogen-bond acceptors (Lipinski definition) is 5. The number of anilines is 2. The lowest BCUT2D eigenvalue weighted by atomic mass is 10.1. The van der Waals surface area contributed by atoms with E-state index in [1.165, 1.54) is 7.11 Å². The standard InChI is InChI=1S/C27H19N3O4S/c1-34-23-15-19(12-13-22(23)30-25(32)20-8-4-5-9-21(20)26(30)33)28-27(35)29-24(31)18-11-10-16-6-2-3-7-17(16)14-18/h2-15H,1H3,(H2,28,29,31,35). The maximum absolute atomic E-state index is 12.8. The van der Waals surface area contributed by atoms with Gasteiger partial charge in [-0.15, -0.1) is 0 Å². The van der Waals surface area contributed by atoms with Crippen LogP contribution < -0.4 is 20.3 Å². The van der Waals surface area contributed by atoms with Gasteiger partial charge >= 0.3 is 0 Å². The van der Waals surface area contributed by atoms with Gasteiger partial charge in [-0.1, -0.05) is 42.5 Å². The van der Waals surface area contributed by atoms with E-state index < -0.39 is 11.8 Å². The lowest BCUT2D eigenvalue weighted by molar-refractivity contribution is 0.0922. The number of amides is 3. The highest BCUT2D eigenvalue weighted by atomic mass is 32.1. The van der Waals surface area contributed by atoms with Gasteiger partial charge in [0.25, 0.3) is 17.7 Å². The number of ether oxygens (including phenoxy) is 1. The van der Waals surface area contributed by atoms with Gasteiger partial charge < -0.3 is 10.1 Å². The van der Waals surface area contributed by atoms with Crippen LogP contribution in [-0.4, -0.2) is 29.9 Å². The zero-order valence-corrected chi connectivity index (χ0v) is 19.4. The molecule has 0 atom stereocenters. The zero-order chi connectivity index (χ0) is 24.5. The molecule has 172 valence electrons. The zero-order valence-electron chi connectivity index (χ0n) is 18.6. The molecule has 4 aromatic rings. The fraction of sp³-hybridized carbons (Fsp3) is 0.0370. The van der Waals surface area contributed by atoms with E-state index in [1.54, 1.807) is 54.6 Å². The van der Waals surface area contributed by atoms with E-state index in [4.69, 9.17) is 17.0 Å². The van der Waals surface area contributed by atoms with Crippen molar-refractivity contribution in [1.29, 1.82) is 0 Å². The van der Waals surface area contributed by atoms with Crippen LogP contribution in [0, 0.1) is 0 Å². The van der Waals surface area contributed by atoms with Gasteiger partial charge in [-0.2, -0.15) is 0 Å². The molecule has 4 aromatic carbocycles. The summed E-state index contributed by atoms with van der Waals surface area (Å²) in [5.41, 5.74) is 2.01. The summed E-state index contributed by atoms with van der Waals surface area (Å²) in [6.45, 7) is 0. The molecule has 7 nitrogen and oxygen atoms in total. The number of nitrogens with one attached hydrogen (secondary N) is 2. The van der Waals surface area contributed by atoms with Gasteiger partial charge in [-0.25, -0.2) is 4.90 Å². The summed E-state index contributed by atoms with van der Waals surface area (Å²) in [7, 11) is 1.45. The number of rotatable bonds is 4. The van der Waals surface area contributed by atoms with E-state index in [0.717, 1.165) is 15.7 Å². The highest BCUT2D eigenvalue weighted by Crippen LogP contribution is 2.36. The van der Waals surface area contributed by atoms with Gasteiger partial charge in [0.15, 0.2) is 5.11 Å². The second-order valence-corrected chi connectivity index (χ2v) is 8.26. The molecule has 0 fully saturated rings. The Morgan fingerprint density at radius 2 is 1.49 bits per heavy atom. The van der Waals surface area contributed by atoms with Crippen LogP contribution in [0.5, 0.6) is 5.75 Å². The molecule has 5 rings (SSSR count). The topological polar surface area (TPSA) is 87.7 Å². The molecule has 0 aliphatic carbocycles. The third-order valence-corrected chi connectivity index (χ3v) is 5.92. The van der Waals surface area contributed by atoms with Crippen LogP contribution in [0.25, 0.3) is 10.8 Å². The van der Waals surface area contributed by atoms with E-state index >= 15 is 0 Å². The average Bonchev–Trinajstić information content (AvgIpc) is 3.13. The van der Waals surface area contributed by atoms with Crippen molar-refractivity contribution in [2.45, 2.75) is 0 Å². The van der Waals surface area contributed by atoms with Gasteiger partial charge in [0, 0.05) is 17.3 Å². The summed E-state index contributed by atoms with van der Waals surface area (Å²) >= 11 is 5.31. The molecule has 0 bridgehead atoms. The van der Waals surface area contributed by atoms with Crippen LogP contribution in [-0.2, 0) is 0 Å². The molecular formula is C27H19N3O4S. The van der Waals surface area contributed by atoms with Crippen molar-refractivity contribution < 1.29 is 19.1 Å². The monoisotopic (exact) mass is 481 g/mol. The Morgan fingerprint density at radius 1 is 0.829 bits per heavy atom. The normalized spacial score (nSPS) is 12.4. The Morgan fingerprint density at radius 3 is 2.17 bits per heavy atom. The van der Waals surface area contributed by atoms with Crippen molar-refractivity contribution in [3.8, 4) is 5.75 Å². The lowest BCUT2D eigenvalue weighted by Gasteiger charge is -2.19. The largest absolute Gasteiger partial charge is 0.494 e. The second-order valence-electron chi connectivity index (χ2n) is 7.85.